The SMILES string of the molecule is Cc1cc(=O)n2c3c(cc(S(=O)(=O)NCCOc4ccccc4)cc13)CC2. The van der Waals surface area contributed by atoms with Crippen LogP contribution in [-0.4, -0.2) is 26.1 Å². The van der Waals surface area contributed by atoms with Gasteiger partial charge in [0.25, 0.3) is 5.56 Å². The Kier molecular flexibility index (Phi) is 4.49. The quantitative estimate of drug-likeness (QED) is 0.661. The third-order valence-corrected chi connectivity index (χ3v) is 6.22. The summed E-state index contributed by atoms with van der Waals surface area (Å²) in [6, 6.07) is 14.1. The normalized spacial score (nSPS) is 13.2. The number of pyridine rings is 1. The van der Waals surface area contributed by atoms with Crippen molar-refractivity contribution in [1.29, 1.82) is 0 Å². The van der Waals surface area contributed by atoms with Crippen LogP contribution >= 0.6 is 0 Å². The van der Waals surface area contributed by atoms with E-state index in [0.29, 0.717) is 18.7 Å². The topological polar surface area (TPSA) is 77.4 Å². The lowest BCUT2D eigenvalue weighted by Crippen LogP contribution is -2.28. The summed E-state index contributed by atoms with van der Waals surface area (Å²) >= 11 is 0. The molecule has 0 amide bonds. The first-order valence-corrected chi connectivity index (χ1v) is 10.3. The van der Waals surface area contributed by atoms with Crippen molar-refractivity contribution in [2.45, 2.75) is 24.8 Å². The smallest absolute Gasteiger partial charge is 0.251 e. The van der Waals surface area contributed by atoms with Crippen LogP contribution in [-0.2, 0) is 23.0 Å². The maximum atomic E-state index is 12.7. The van der Waals surface area contributed by atoms with Crippen molar-refractivity contribution < 1.29 is 13.2 Å². The Labute approximate surface area is 157 Å². The van der Waals surface area contributed by atoms with Crippen LogP contribution in [0.15, 0.2) is 58.2 Å². The van der Waals surface area contributed by atoms with E-state index in [2.05, 4.69) is 4.72 Å². The lowest BCUT2D eigenvalue weighted by atomic mass is 10.1. The van der Waals surface area contributed by atoms with E-state index >= 15 is 0 Å². The summed E-state index contributed by atoms with van der Waals surface area (Å²) in [5.41, 5.74) is 2.50. The number of hydrogen-bond acceptors (Lipinski definition) is 4. The molecule has 0 atom stereocenters. The molecule has 3 aromatic rings. The van der Waals surface area contributed by atoms with Crippen molar-refractivity contribution >= 4 is 20.9 Å². The van der Waals surface area contributed by atoms with Gasteiger partial charge in [0.15, 0.2) is 0 Å². The molecule has 0 fully saturated rings. The predicted molar refractivity (Wildman–Crippen MR) is 104 cm³/mol. The van der Waals surface area contributed by atoms with Crippen LogP contribution in [0.1, 0.15) is 11.1 Å². The van der Waals surface area contributed by atoms with Gasteiger partial charge in [-0.2, -0.15) is 0 Å². The van der Waals surface area contributed by atoms with Crippen molar-refractivity contribution in [3.05, 3.63) is 70.0 Å². The molecule has 1 aromatic heterocycles. The zero-order valence-corrected chi connectivity index (χ0v) is 15.8. The standard InChI is InChI=1S/C20H20N2O4S/c1-14-11-19(23)22-9-7-15-12-17(13-18(14)20(15)22)27(24,25)21-8-10-26-16-5-3-2-4-6-16/h2-6,11-13,21H,7-10H2,1H3. The summed E-state index contributed by atoms with van der Waals surface area (Å²) in [5.74, 6) is 0.698. The zero-order chi connectivity index (χ0) is 19.0. The number of ether oxygens (including phenoxy) is 1. The highest BCUT2D eigenvalue weighted by Gasteiger charge is 2.22. The minimum absolute atomic E-state index is 0.0365. The molecule has 140 valence electrons. The van der Waals surface area contributed by atoms with E-state index in [-0.39, 0.29) is 23.6 Å². The molecule has 1 aliphatic heterocycles. The first-order chi connectivity index (χ1) is 13.0. The van der Waals surface area contributed by atoms with Gasteiger partial charge in [-0.05, 0) is 48.7 Å². The van der Waals surface area contributed by atoms with Crippen molar-refractivity contribution in [3.8, 4) is 5.75 Å². The Morgan fingerprint density at radius 1 is 1.15 bits per heavy atom. The number of nitrogens with zero attached hydrogens (tertiary/aromatic N) is 1. The molecule has 6 nitrogen and oxygen atoms in total. The van der Waals surface area contributed by atoms with Gasteiger partial charge in [0.2, 0.25) is 10.0 Å². The highest BCUT2D eigenvalue weighted by Crippen LogP contribution is 2.29. The first-order valence-electron chi connectivity index (χ1n) is 8.80. The molecule has 7 heteroatoms. The van der Waals surface area contributed by atoms with Gasteiger partial charge in [0.05, 0.1) is 10.4 Å². The molecule has 0 saturated heterocycles. The number of nitrogens with one attached hydrogen (secondary N) is 1. The Morgan fingerprint density at radius 3 is 2.70 bits per heavy atom. The molecule has 0 bridgehead atoms. The summed E-state index contributed by atoms with van der Waals surface area (Å²) < 4.78 is 35.3. The third kappa shape index (κ3) is 3.36. The van der Waals surface area contributed by atoms with Gasteiger partial charge >= 0.3 is 0 Å². The molecular weight excluding hydrogens is 364 g/mol. The van der Waals surface area contributed by atoms with E-state index < -0.39 is 10.0 Å². The van der Waals surface area contributed by atoms with Crippen molar-refractivity contribution in [3.63, 3.8) is 0 Å². The molecule has 27 heavy (non-hydrogen) atoms. The highest BCUT2D eigenvalue weighted by atomic mass is 32.2. The molecule has 0 spiro atoms. The van der Waals surface area contributed by atoms with E-state index in [4.69, 9.17) is 4.74 Å². The molecule has 0 aliphatic carbocycles. The Balaban J connectivity index is 1.56. The van der Waals surface area contributed by atoms with Gasteiger partial charge in [-0.3, -0.25) is 4.79 Å². The lowest BCUT2D eigenvalue weighted by Gasteiger charge is -2.12. The second-order valence-electron chi connectivity index (χ2n) is 6.61. The molecule has 0 radical (unpaired) electrons. The van der Waals surface area contributed by atoms with E-state index in [0.717, 1.165) is 22.0 Å². The predicted octanol–water partition coefficient (Wildman–Crippen LogP) is 2.22. The van der Waals surface area contributed by atoms with Gasteiger partial charge in [-0.25, -0.2) is 13.1 Å². The Morgan fingerprint density at radius 2 is 1.93 bits per heavy atom. The van der Waals surface area contributed by atoms with Crippen molar-refractivity contribution in [2.75, 3.05) is 13.2 Å². The van der Waals surface area contributed by atoms with E-state index in [9.17, 15) is 13.2 Å². The van der Waals surface area contributed by atoms with Gasteiger partial charge in [-0.15, -0.1) is 0 Å². The van der Waals surface area contributed by atoms with Gasteiger partial charge in [0, 0.05) is 24.5 Å². The molecule has 0 unspecified atom stereocenters. The Bertz CT molecular complexity index is 1170. The summed E-state index contributed by atoms with van der Waals surface area (Å²) in [6.45, 7) is 2.83. The van der Waals surface area contributed by atoms with Gasteiger partial charge < -0.3 is 9.30 Å². The first kappa shape index (κ1) is 17.8. The average molecular weight is 384 g/mol. The monoisotopic (exact) mass is 384 g/mol. The van der Waals surface area contributed by atoms with Crippen LogP contribution in [0.25, 0.3) is 10.9 Å². The molecular formula is C20H20N2O4S. The van der Waals surface area contributed by atoms with E-state index in [1.165, 1.54) is 0 Å². The number of sulfonamides is 1. The minimum atomic E-state index is -3.66. The molecule has 2 aromatic carbocycles. The number of rotatable bonds is 6. The second kappa shape index (κ2) is 6.83. The van der Waals surface area contributed by atoms with Crippen molar-refractivity contribution in [1.82, 2.24) is 9.29 Å². The fourth-order valence-corrected chi connectivity index (χ4v) is 4.57. The number of hydrogen-bond donors (Lipinski definition) is 1. The minimum Gasteiger partial charge on any atom is -0.492 e. The van der Waals surface area contributed by atoms with Crippen LogP contribution in [0.4, 0.5) is 0 Å². The lowest BCUT2D eigenvalue weighted by molar-refractivity contribution is 0.323. The number of benzene rings is 2. The van der Waals surface area contributed by atoms with Crippen LogP contribution in [0.2, 0.25) is 0 Å². The fourth-order valence-electron chi connectivity index (χ4n) is 3.48. The largest absolute Gasteiger partial charge is 0.492 e. The zero-order valence-electron chi connectivity index (χ0n) is 14.9. The highest BCUT2D eigenvalue weighted by molar-refractivity contribution is 7.89. The maximum Gasteiger partial charge on any atom is 0.251 e. The van der Waals surface area contributed by atoms with Gasteiger partial charge in [0.1, 0.15) is 12.4 Å². The fraction of sp³-hybridized carbons (Fsp3) is 0.250. The van der Waals surface area contributed by atoms with Crippen LogP contribution < -0.4 is 15.0 Å². The second-order valence-corrected chi connectivity index (χ2v) is 8.37. The molecule has 1 aliphatic rings. The number of aromatic nitrogens is 1. The molecule has 4 rings (SSSR count). The van der Waals surface area contributed by atoms with E-state index in [1.54, 1.807) is 22.8 Å². The summed E-state index contributed by atoms with van der Waals surface area (Å²) in [4.78, 5) is 12.3. The summed E-state index contributed by atoms with van der Waals surface area (Å²) in [6.07, 6.45) is 0.662. The molecule has 2 heterocycles. The number of aryl methyl sites for hydroxylation is 3. The van der Waals surface area contributed by atoms with Crippen LogP contribution in [0.5, 0.6) is 5.75 Å². The number of para-hydroxylation sites is 1. The van der Waals surface area contributed by atoms with Gasteiger partial charge in [-0.1, -0.05) is 18.2 Å². The third-order valence-electron chi connectivity index (χ3n) is 4.78. The van der Waals surface area contributed by atoms with Crippen LogP contribution in [0, 0.1) is 6.92 Å². The summed E-state index contributed by atoms with van der Waals surface area (Å²) in [5, 5.41) is 0.811. The molecule has 1 N–H and O–H groups in total. The van der Waals surface area contributed by atoms with E-state index in [1.807, 2.05) is 37.3 Å². The maximum absolute atomic E-state index is 12.7. The van der Waals surface area contributed by atoms with Crippen molar-refractivity contribution in [2.24, 2.45) is 0 Å². The Hall–Kier alpha value is -2.64. The average Bonchev–Trinajstić information content (AvgIpc) is 3.09. The summed E-state index contributed by atoms with van der Waals surface area (Å²) in [7, 11) is -3.66. The molecule has 0 saturated carbocycles. The van der Waals surface area contributed by atoms with Crippen LogP contribution in [0.3, 0.4) is 0 Å².